The Labute approximate surface area is 191 Å². The smallest absolute Gasteiger partial charge is 0.186 e. The number of Topliss-reactive ketones (excluding diaryl/α,β-unsaturated/α-hetero) is 1. The molecule has 2 aromatic heterocycles. The molecule has 0 saturated heterocycles. The van der Waals surface area contributed by atoms with Gasteiger partial charge in [-0.3, -0.25) is 4.79 Å². The molecule has 0 N–H and O–H groups in total. The number of rotatable bonds is 6. The first-order chi connectivity index (χ1) is 16.2. The van der Waals surface area contributed by atoms with Crippen molar-refractivity contribution in [1.82, 2.24) is 19.8 Å². The van der Waals surface area contributed by atoms with Crippen LogP contribution in [0.15, 0.2) is 48.5 Å². The highest BCUT2D eigenvalue weighted by atomic mass is 16.5. The molecule has 2 heterocycles. The Balaban J connectivity index is 1.70. The molecule has 8 heteroatoms. The summed E-state index contributed by atoms with van der Waals surface area (Å²) >= 11 is 0. The van der Waals surface area contributed by atoms with E-state index in [2.05, 4.69) is 10.2 Å². The number of carbonyl (C=O) groups excluding carboxylic acids is 1. The number of para-hydroxylation sites is 2. The second kappa shape index (κ2) is 8.63. The van der Waals surface area contributed by atoms with Crippen LogP contribution in [0.25, 0.3) is 16.8 Å². The van der Waals surface area contributed by atoms with Gasteiger partial charge in [-0.25, -0.2) is 4.52 Å². The molecule has 0 fully saturated rings. The summed E-state index contributed by atoms with van der Waals surface area (Å²) in [6.07, 6.45) is 0.937. The minimum atomic E-state index is -0.0517. The van der Waals surface area contributed by atoms with Crippen LogP contribution in [-0.2, 0) is 17.8 Å². The molecule has 1 aliphatic rings. The van der Waals surface area contributed by atoms with E-state index in [0.717, 1.165) is 28.1 Å². The number of nitrogens with zero attached hydrogens (tertiary/aromatic N) is 4. The average molecular weight is 444 g/mol. The largest absolute Gasteiger partial charge is 0.496 e. The summed E-state index contributed by atoms with van der Waals surface area (Å²) in [6.45, 7) is 0.287. The van der Waals surface area contributed by atoms with E-state index in [4.69, 9.17) is 19.3 Å². The normalized spacial score (nSPS) is 15.5. The van der Waals surface area contributed by atoms with Crippen molar-refractivity contribution < 1.29 is 19.0 Å². The van der Waals surface area contributed by atoms with Gasteiger partial charge in [0.05, 0.1) is 37.8 Å². The Kier molecular flexibility index (Phi) is 5.51. The lowest BCUT2D eigenvalue weighted by atomic mass is 9.83. The van der Waals surface area contributed by atoms with Crippen LogP contribution in [0.3, 0.4) is 0 Å². The molecular weight excluding hydrogens is 420 g/mol. The van der Waals surface area contributed by atoms with E-state index in [1.165, 1.54) is 0 Å². The third kappa shape index (κ3) is 3.52. The van der Waals surface area contributed by atoms with Crippen LogP contribution in [0.1, 0.15) is 39.8 Å². The Morgan fingerprint density at radius 1 is 0.939 bits per heavy atom. The zero-order valence-corrected chi connectivity index (χ0v) is 18.7. The Morgan fingerprint density at radius 2 is 1.67 bits per heavy atom. The van der Waals surface area contributed by atoms with Gasteiger partial charge in [0.25, 0.3) is 0 Å². The van der Waals surface area contributed by atoms with E-state index in [-0.39, 0.29) is 18.3 Å². The van der Waals surface area contributed by atoms with Crippen molar-refractivity contribution in [3.63, 3.8) is 0 Å². The van der Waals surface area contributed by atoms with Gasteiger partial charge in [0, 0.05) is 25.0 Å². The number of aromatic nitrogens is 4. The highest BCUT2D eigenvalue weighted by molar-refractivity contribution is 5.97. The second-order valence-electron chi connectivity index (χ2n) is 7.96. The van der Waals surface area contributed by atoms with Crippen LogP contribution in [0.5, 0.6) is 11.5 Å². The first-order valence-corrected chi connectivity index (χ1v) is 10.7. The number of carbonyl (C=O) groups is 1. The van der Waals surface area contributed by atoms with Gasteiger partial charge >= 0.3 is 0 Å². The van der Waals surface area contributed by atoms with Gasteiger partial charge in [0.2, 0.25) is 0 Å². The summed E-state index contributed by atoms with van der Waals surface area (Å²) in [5, 5.41) is 13.6. The molecule has 8 nitrogen and oxygen atoms in total. The molecule has 0 saturated carbocycles. The predicted molar refractivity (Wildman–Crippen MR) is 122 cm³/mol. The molecule has 0 bridgehead atoms. The van der Waals surface area contributed by atoms with E-state index < -0.39 is 0 Å². The third-order valence-corrected chi connectivity index (χ3v) is 6.08. The Morgan fingerprint density at radius 3 is 2.42 bits per heavy atom. The summed E-state index contributed by atoms with van der Waals surface area (Å²) in [6, 6.07) is 15.5. The number of hydrogen-bond donors (Lipinski definition) is 0. The maximum Gasteiger partial charge on any atom is 0.186 e. The first kappa shape index (κ1) is 21.1. The van der Waals surface area contributed by atoms with Crippen molar-refractivity contribution in [2.45, 2.75) is 25.4 Å². The molecule has 33 heavy (non-hydrogen) atoms. The lowest BCUT2D eigenvalue weighted by molar-refractivity contribution is 0.0955. The van der Waals surface area contributed by atoms with E-state index in [1.54, 1.807) is 25.8 Å². The van der Waals surface area contributed by atoms with Crippen molar-refractivity contribution >= 4 is 11.4 Å². The van der Waals surface area contributed by atoms with Gasteiger partial charge < -0.3 is 14.2 Å². The van der Waals surface area contributed by atoms with Crippen molar-refractivity contribution in [3.05, 3.63) is 71.2 Å². The van der Waals surface area contributed by atoms with Gasteiger partial charge in [-0.15, -0.1) is 10.2 Å². The number of ketones is 1. The maximum absolute atomic E-state index is 13.1. The van der Waals surface area contributed by atoms with Gasteiger partial charge in [-0.2, -0.15) is 5.10 Å². The SMILES string of the molecule is COCc1nn2c3c(nnc2c1-c1ccccc1OC)C(=O)C[C@@H](c1ccccc1OC)C3. The summed E-state index contributed by atoms with van der Waals surface area (Å²) in [5.74, 6) is 1.38. The lowest BCUT2D eigenvalue weighted by Gasteiger charge is -2.24. The zero-order chi connectivity index (χ0) is 22.9. The van der Waals surface area contributed by atoms with Gasteiger partial charge in [-0.1, -0.05) is 36.4 Å². The molecule has 0 aliphatic heterocycles. The highest BCUT2D eigenvalue weighted by Gasteiger charge is 2.33. The fourth-order valence-corrected chi connectivity index (χ4v) is 4.60. The summed E-state index contributed by atoms with van der Waals surface area (Å²) in [5.41, 5.74) is 5.02. The molecule has 0 spiro atoms. The summed E-state index contributed by atoms with van der Waals surface area (Å²) in [4.78, 5) is 13.1. The van der Waals surface area contributed by atoms with E-state index in [9.17, 15) is 4.79 Å². The Hall–Kier alpha value is -3.78. The zero-order valence-electron chi connectivity index (χ0n) is 18.7. The monoisotopic (exact) mass is 444 g/mol. The van der Waals surface area contributed by atoms with Crippen LogP contribution in [0, 0.1) is 0 Å². The molecule has 1 atom stereocenters. The number of ether oxygens (including phenoxy) is 3. The highest BCUT2D eigenvalue weighted by Crippen LogP contribution is 2.39. The van der Waals surface area contributed by atoms with Crippen LogP contribution >= 0.6 is 0 Å². The van der Waals surface area contributed by atoms with Crippen LogP contribution in [-0.4, -0.2) is 46.9 Å². The van der Waals surface area contributed by atoms with E-state index in [1.807, 2.05) is 48.5 Å². The van der Waals surface area contributed by atoms with E-state index >= 15 is 0 Å². The quantitative estimate of drug-likeness (QED) is 0.446. The standard InChI is InChI=1S/C25H24N4O4/c1-31-14-18-23(17-9-5-7-11-22(17)33-3)25-27-26-24-19(29(25)28-18)12-15(13-20(24)30)16-8-4-6-10-21(16)32-2/h4-11,15H,12-14H2,1-3H3/t15-/m0/s1. The van der Waals surface area contributed by atoms with Crippen LogP contribution < -0.4 is 9.47 Å². The molecule has 2 aromatic carbocycles. The summed E-state index contributed by atoms with van der Waals surface area (Å²) in [7, 11) is 4.90. The fraction of sp³-hybridized carbons (Fsp3) is 0.280. The number of hydrogen-bond acceptors (Lipinski definition) is 7. The van der Waals surface area contributed by atoms with Gasteiger partial charge in [0.1, 0.15) is 11.5 Å². The lowest BCUT2D eigenvalue weighted by Crippen LogP contribution is -2.24. The molecular formula is C25H24N4O4. The van der Waals surface area contributed by atoms with Crippen molar-refractivity contribution in [3.8, 4) is 22.6 Å². The summed E-state index contributed by atoms with van der Waals surface area (Å²) < 4.78 is 18.3. The molecule has 0 unspecified atom stereocenters. The number of benzene rings is 2. The van der Waals surface area contributed by atoms with Crippen molar-refractivity contribution in [2.24, 2.45) is 0 Å². The average Bonchev–Trinajstić information content (AvgIpc) is 3.22. The first-order valence-electron chi connectivity index (χ1n) is 10.7. The van der Waals surface area contributed by atoms with Gasteiger partial charge in [-0.05, 0) is 24.1 Å². The molecule has 5 rings (SSSR count). The third-order valence-electron chi connectivity index (χ3n) is 6.08. The number of fused-ring (bicyclic) bond motifs is 3. The number of methoxy groups -OCH3 is 3. The Bertz CT molecular complexity index is 1350. The molecule has 0 radical (unpaired) electrons. The predicted octanol–water partition coefficient (Wildman–Crippen LogP) is 3.87. The molecule has 4 aromatic rings. The fourth-order valence-electron chi connectivity index (χ4n) is 4.60. The van der Waals surface area contributed by atoms with Gasteiger partial charge in [0.15, 0.2) is 17.1 Å². The van der Waals surface area contributed by atoms with Crippen molar-refractivity contribution in [2.75, 3.05) is 21.3 Å². The molecule has 168 valence electrons. The van der Waals surface area contributed by atoms with E-state index in [0.29, 0.717) is 35.6 Å². The topological polar surface area (TPSA) is 87.8 Å². The van der Waals surface area contributed by atoms with Crippen LogP contribution in [0.2, 0.25) is 0 Å². The second-order valence-corrected chi connectivity index (χ2v) is 7.96. The molecule has 0 amide bonds. The van der Waals surface area contributed by atoms with Crippen molar-refractivity contribution in [1.29, 1.82) is 0 Å². The minimum absolute atomic E-state index is 0.0432. The maximum atomic E-state index is 13.1. The molecule has 1 aliphatic carbocycles. The minimum Gasteiger partial charge on any atom is -0.496 e. The van der Waals surface area contributed by atoms with Crippen LogP contribution in [0.4, 0.5) is 0 Å².